The van der Waals surface area contributed by atoms with Crippen LogP contribution in [0.2, 0.25) is 0 Å². The number of carbonyl (C=O) groups is 1. The smallest absolute Gasteiger partial charge is 0.257 e. The van der Waals surface area contributed by atoms with Crippen LogP contribution in [0, 0.1) is 5.92 Å². The van der Waals surface area contributed by atoms with E-state index in [1.54, 1.807) is 24.5 Å². The van der Waals surface area contributed by atoms with Crippen molar-refractivity contribution >= 4 is 11.7 Å². The van der Waals surface area contributed by atoms with Gasteiger partial charge in [-0.25, -0.2) is 9.67 Å². The zero-order chi connectivity index (χ0) is 15.6. The van der Waals surface area contributed by atoms with E-state index < -0.39 is 0 Å². The fourth-order valence-electron chi connectivity index (χ4n) is 2.59. The average Bonchev–Trinajstić information content (AvgIpc) is 3.23. The Morgan fingerprint density at radius 3 is 2.87 bits per heavy atom. The van der Waals surface area contributed by atoms with E-state index >= 15 is 0 Å². The Balaban J connectivity index is 1.43. The standard InChI is InChI=1S/C17H20N4O2/c22-17(20-15-7-9-19-21(15)11-12-4-5-12)13-6-8-18-16(10-13)23-14-2-1-3-14/h6-10,12,14H,1-5,11H2,(H,20,22). The third-order valence-electron chi connectivity index (χ3n) is 4.42. The second kappa shape index (κ2) is 6.02. The molecule has 2 heterocycles. The van der Waals surface area contributed by atoms with E-state index in [1.807, 2.05) is 10.7 Å². The first-order chi connectivity index (χ1) is 11.3. The van der Waals surface area contributed by atoms with Gasteiger partial charge in [0.15, 0.2) is 0 Å². The highest BCUT2D eigenvalue weighted by Crippen LogP contribution is 2.31. The second-order valence-corrected chi connectivity index (χ2v) is 6.35. The van der Waals surface area contributed by atoms with Crippen LogP contribution in [0.3, 0.4) is 0 Å². The maximum Gasteiger partial charge on any atom is 0.257 e. The Hall–Kier alpha value is -2.37. The first-order valence-electron chi connectivity index (χ1n) is 8.24. The van der Waals surface area contributed by atoms with Crippen LogP contribution < -0.4 is 10.1 Å². The van der Waals surface area contributed by atoms with Gasteiger partial charge in [0.1, 0.15) is 11.9 Å². The molecular weight excluding hydrogens is 292 g/mol. The molecule has 0 unspecified atom stereocenters. The number of nitrogens with zero attached hydrogens (tertiary/aromatic N) is 3. The van der Waals surface area contributed by atoms with Crippen molar-refractivity contribution in [3.8, 4) is 5.88 Å². The topological polar surface area (TPSA) is 69.0 Å². The Morgan fingerprint density at radius 1 is 1.26 bits per heavy atom. The van der Waals surface area contributed by atoms with Crippen LogP contribution >= 0.6 is 0 Å². The summed E-state index contributed by atoms with van der Waals surface area (Å²) in [4.78, 5) is 16.6. The number of pyridine rings is 1. The van der Waals surface area contributed by atoms with Crippen LogP contribution in [0.4, 0.5) is 5.82 Å². The molecular formula is C17H20N4O2. The Kier molecular flexibility index (Phi) is 3.73. The van der Waals surface area contributed by atoms with Crippen molar-refractivity contribution in [1.29, 1.82) is 0 Å². The summed E-state index contributed by atoms with van der Waals surface area (Å²) in [5.74, 6) is 1.80. The Bertz CT molecular complexity index is 704. The van der Waals surface area contributed by atoms with Gasteiger partial charge in [-0.3, -0.25) is 4.79 Å². The lowest BCUT2D eigenvalue weighted by Gasteiger charge is -2.25. The highest BCUT2D eigenvalue weighted by molar-refractivity contribution is 6.03. The lowest BCUT2D eigenvalue weighted by molar-refractivity contribution is 0.101. The van der Waals surface area contributed by atoms with Crippen molar-refractivity contribution in [3.63, 3.8) is 0 Å². The molecule has 2 fully saturated rings. The summed E-state index contributed by atoms with van der Waals surface area (Å²) in [6.45, 7) is 0.870. The molecule has 2 aliphatic rings. The molecule has 0 aliphatic heterocycles. The van der Waals surface area contributed by atoms with Gasteiger partial charge in [-0.15, -0.1) is 0 Å². The Labute approximate surface area is 134 Å². The normalized spacial score (nSPS) is 17.6. The molecule has 23 heavy (non-hydrogen) atoms. The molecule has 0 saturated heterocycles. The number of hydrogen-bond donors (Lipinski definition) is 1. The van der Waals surface area contributed by atoms with Gasteiger partial charge in [-0.2, -0.15) is 5.10 Å². The van der Waals surface area contributed by atoms with Crippen molar-refractivity contribution in [3.05, 3.63) is 36.2 Å². The van der Waals surface area contributed by atoms with Gasteiger partial charge >= 0.3 is 0 Å². The van der Waals surface area contributed by atoms with Crippen molar-refractivity contribution < 1.29 is 9.53 Å². The lowest BCUT2D eigenvalue weighted by Crippen LogP contribution is -2.25. The maximum atomic E-state index is 12.5. The first-order valence-corrected chi connectivity index (χ1v) is 8.24. The summed E-state index contributed by atoms with van der Waals surface area (Å²) in [5.41, 5.74) is 0.550. The zero-order valence-corrected chi connectivity index (χ0v) is 12.9. The van der Waals surface area contributed by atoms with Crippen molar-refractivity contribution in [2.75, 3.05) is 5.32 Å². The molecule has 0 radical (unpaired) electrons. The number of rotatable bonds is 6. The minimum absolute atomic E-state index is 0.164. The highest BCUT2D eigenvalue weighted by Gasteiger charge is 2.23. The third-order valence-corrected chi connectivity index (χ3v) is 4.42. The molecule has 6 nitrogen and oxygen atoms in total. The fourth-order valence-corrected chi connectivity index (χ4v) is 2.59. The van der Waals surface area contributed by atoms with Gasteiger partial charge in [-0.1, -0.05) is 0 Å². The predicted octanol–water partition coefficient (Wildman–Crippen LogP) is 2.87. The summed E-state index contributed by atoms with van der Waals surface area (Å²) in [5, 5.41) is 7.21. The molecule has 2 aromatic heterocycles. The number of nitrogens with one attached hydrogen (secondary N) is 1. The summed E-state index contributed by atoms with van der Waals surface area (Å²) >= 11 is 0. The monoisotopic (exact) mass is 312 g/mol. The SMILES string of the molecule is O=C(Nc1ccnn1CC1CC1)c1ccnc(OC2CCC2)c1. The van der Waals surface area contributed by atoms with Crippen LogP contribution in [0.15, 0.2) is 30.6 Å². The minimum Gasteiger partial charge on any atom is -0.474 e. The van der Waals surface area contributed by atoms with Crippen molar-refractivity contribution in [2.24, 2.45) is 5.92 Å². The van der Waals surface area contributed by atoms with Crippen LogP contribution in [-0.4, -0.2) is 26.8 Å². The van der Waals surface area contributed by atoms with Crippen LogP contribution in [-0.2, 0) is 6.54 Å². The number of hydrogen-bond acceptors (Lipinski definition) is 4. The van der Waals surface area contributed by atoms with Gasteiger partial charge in [-0.05, 0) is 44.1 Å². The van der Waals surface area contributed by atoms with E-state index in [-0.39, 0.29) is 12.0 Å². The molecule has 4 rings (SSSR count). The van der Waals surface area contributed by atoms with Crippen LogP contribution in [0.25, 0.3) is 0 Å². The number of aromatic nitrogens is 3. The van der Waals surface area contributed by atoms with E-state index in [9.17, 15) is 4.79 Å². The predicted molar refractivity (Wildman–Crippen MR) is 85.4 cm³/mol. The Morgan fingerprint density at radius 2 is 2.13 bits per heavy atom. The van der Waals surface area contributed by atoms with Gasteiger partial charge in [0.2, 0.25) is 5.88 Å². The summed E-state index contributed by atoms with van der Waals surface area (Å²) in [6, 6.07) is 5.23. The van der Waals surface area contributed by atoms with Crippen molar-refractivity contribution in [1.82, 2.24) is 14.8 Å². The second-order valence-electron chi connectivity index (χ2n) is 6.35. The van der Waals surface area contributed by atoms with E-state index in [2.05, 4.69) is 15.4 Å². The highest BCUT2D eigenvalue weighted by atomic mass is 16.5. The van der Waals surface area contributed by atoms with E-state index in [4.69, 9.17) is 4.74 Å². The van der Waals surface area contributed by atoms with Crippen LogP contribution in [0.1, 0.15) is 42.5 Å². The molecule has 1 N–H and O–H groups in total. The molecule has 2 saturated carbocycles. The van der Waals surface area contributed by atoms with E-state index in [1.165, 1.54) is 19.3 Å². The average molecular weight is 312 g/mol. The summed E-state index contributed by atoms with van der Waals surface area (Å²) in [7, 11) is 0. The van der Waals surface area contributed by atoms with E-state index in [0.717, 1.165) is 25.2 Å². The molecule has 0 atom stereocenters. The molecule has 0 spiro atoms. The third kappa shape index (κ3) is 3.36. The van der Waals surface area contributed by atoms with Crippen molar-refractivity contribution in [2.45, 2.75) is 44.8 Å². The number of anilines is 1. The maximum absolute atomic E-state index is 12.5. The number of carbonyl (C=O) groups excluding carboxylic acids is 1. The van der Waals surface area contributed by atoms with Gasteiger partial charge in [0.05, 0.1) is 6.20 Å². The number of ether oxygens (including phenoxy) is 1. The largest absolute Gasteiger partial charge is 0.474 e. The summed E-state index contributed by atoms with van der Waals surface area (Å²) < 4.78 is 7.62. The lowest BCUT2D eigenvalue weighted by atomic mass is 9.96. The quantitative estimate of drug-likeness (QED) is 0.890. The summed E-state index contributed by atoms with van der Waals surface area (Å²) in [6.07, 6.45) is 9.42. The molecule has 1 amide bonds. The fraction of sp³-hybridized carbons (Fsp3) is 0.471. The zero-order valence-electron chi connectivity index (χ0n) is 12.9. The van der Waals surface area contributed by atoms with Gasteiger partial charge in [0.25, 0.3) is 5.91 Å². The molecule has 0 aromatic carbocycles. The molecule has 2 aromatic rings. The van der Waals surface area contributed by atoms with Crippen LogP contribution in [0.5, 0.6) is 5.88 Å². The molecule has 0 bridgehead atoms. The van der Waals surface area contributed by atoms with Gasteiger partial charge < -0.3 is 10.1 Å². The molecule has 6 heteroatoms. The minimum atomic E-state index is -0.164. The van der Waals surface area contributed by atoms with E-state index in [0.29, 0.717) is 17.4 Å². The number of amides is 1. The van der Waals surface area contributed by atoms with Gasteiger partial charge in [0, 0.05) is 30.4 Å². The first kappa shape index (κ1) is 14.2. The molecule has 2 aliphatic carbocycles. The molecule has 120 valence electrons.